The zero-order valence-electron chi connectivity index (χ0n) is 13.6. The van der Waals surface area contributed by atoms with E-state index in [2.05, 4.69) is 4.90 Å². The van der Waals surface area contributed by atoms with Crippen LogP contribution in [0.3, 0.4) is 0 Å². The summed E-state index contributed by atoms with van der Waals surface area (Å²) < 4.78 is 5.42. The summed E-state index contributed by atoms with van der Waals surface area (Å²) in [6, 6.07) is 10.3. The lowest BCUT2D eigenvalue weighted by atomic mass is 10.1. The molecule has 2 heterocycles. The third-order valence-electron chi connectivity index (χ3n) is 4.79. The monoisotopic (exact) mass is 318 g/mol. The number of β-amino-alcohol motifs (C(OH)–C–C–N with tert-alkyl or cyclic N) is 1. The summed E-state index contributed by atoms with van der Waals surface area (Å²) in [6.45, 7) is 4.22. The summed E-state index contributed by atoms with van der Waals surface area (Å²) in [5.41, 5.74) is 1.03. The fourth-order valence-corrected chi connectivity index (χ4v) is 3.51. The summed E-state index contributed by atoms with van der Waals surface area (Å²) in [4.78, 5) is 16.7. The van der Waals surface area contributed by atoms with Gasteiger partial charge in [0, 0.05) is 45.4 Å². The Bertz CT molecular complexity index is 502. The lowest BCUT2D eigenvalue weighted by molar-refractivity contribution is -0.131. The first-order chi connectivity index (χ1) is 11.2. The normalized spacial score (nSPS) is 24.4. The van der Waals surface area contributed by atoms with Crippen molar-refractivity contribution in [2.24, 2.45) is 0 Å². The Morgan fingerprint density at radius 3 is 2.61 bits per heavy atom. The van der Waals surface area contributed by atoms with Crippen LogP contribution >= 0.6 is 0 Å². The number of hydrogen-bond donors (Lipinski definition) is 1. The van der Waals surface area contributed by atoms with E-state index in [0.717, 1.165) is 38.2 Å². The van der Waals surface area contributed by atoms with Gasteiger partial charge in [0.25, 0.3) is 0 Å². The van der Waals surface area contributed by atoms with E-state index in [1.165, 1.54) is 0 Å². The largest absolute Gasteiger partial charge is 0.390 e. The van der Waals surface area contributed by atoms with E-state index in [1.807, 2.05) is 35.2 Å². The van der Waals surface area contributed by atoms with Crippen LogP contribution in [-0.4, -0.2) is 72.4 Å². The van der Waals surface area contributed by atoms with Gasteiger partial charge in [0.05, 0.1) is 12.5 Å². The maximum absolute atomic E-state index is 12.5. The van der Waals surface area contributed by atoms with Crippen LogP contribution in [0.15, 0.2) is 30.3 Å². The zero-order valence-corrected chi connectivity index (χ0v) is 13.6. The predicted molar refractivity (Wildman–Crippen MR) is 88.1 cm³/mol. The second kappa shape index (κ2) is 7.90. The second-order valence-electron chi connectivity index (χ2n) is 6.49. The average molecular weight is 318 g/mol. The zero-order chi connectivity index (χ0) is 16.1. The van der Waals surface area contributed by atoms with Crippen LogP contribution in [0.25, 0.3) is 0 Å². The minimum absolute atomic E-state index is 0.101. The van der Waals surface area contributed by atoms with Crippen molar-refractivity contribution in [1.82, 2.24) is 9.80 Å². The maximum Gasteiger partial charge on any atom is 0.227 e. The highest BCUT2D eigenvalue weighted by Crippen LogP contribution is 2.17. The van der Waals surface area contributed by atoms with E-state index in [-0.39, 0.29) is 5.91 Å². The molecule has 0 aromatic heterocycles. The quantitative estimate of drug-likeness (QED) is 0.900. The number of carbonyl (C=O) groups excluding carboxylic acids is 1. The van der Waals surface area contributed by atoms with E-state index in [1.54, 1.807) is 0 Å². The van der Waals surface area contributed by atoms with Crippen molar-refractivity contribution < 1.29 is 14.6 Å². The molecule has 0 spiro atoms. The van der Waals surface area contributed by atoms with E-state index in [9.17, 15) is 9.90 Å². The number of benzene rings is 1. The highest BCUT2D eigenvalue weighted by Gasteiger charge is 2.29. The average Bonchev–Trinajstić information content (AvgIpc) is 2.78. The van der Waals surface area contributed by atoms with Crippen molar-refractivity contribution in [2.45, 2.75) is 31.4 Å². The second-order valence-corrected chi connectivity index (χ2v) is 6.49. The highest BCUT2D eigenvalue weighted by molar-refractivity contribution is 5.78. The Hall–Kier alpha value is -1.43. The fourth-order valence-electron chi connectivity index (χ4n) is 3.51. The molecule has 3 rings (SSSR count). The molecule has 126 valence electrons. The molecule has 1 amide bonds. The molecule has 1 aromatic rings. The van der Waals surface area contributed by atoms with Crippen molar-refractivity contribution in [3.8, 4) is 0 Å². The van der Waals surface area contributed by atoms with Crippen molar-refractivity contribution in [2.75, 3.05) is 39.4 Å². The van der Waals surface area contributed by atoms with Gasteiger partial charge in [-0.15, -0.1) is 0 Å². The first kappa shape index (κ1) is 16.4. The number of rotatable bonds is 3. The van der Waals surface area contributed by atoms with Crippen LogP contribution in [0.4, 0.5) is 0 Å². The Morgan fingerprint density at radius 1 is 1.13 bits per heavy atom. The Morgan fingerprint density at radius 2 is 1.87 bits per heavy atom. The molecule has 5 nitrogen and oxygen atoms in total. The molecule has 0 aliphatic carbocycles. The molecule has 2 aliphatic heterocycles. The number of carbonyl (C=O) groups is 1. The van der Waals surface area contributed by atoms with Crippen LogP contribution in [0, 0.1) is 0 Å². The number of nitrogens with zero attached hydrogens (tertiary/aromatic N) is 2. The standard InChI is InChI=1S/C18H26N2O3/c21-17-13-19(16-6-10-23-11-7-16)8-9-20(14-17)18(22)12-15-4-2-1-3-5-15/h1-5,16-17,21H,6-14H2. The number of hydrogen-bond acceptors (Lipinski definition) is 4. The maximum atomic E-state index is 12.5. The molecule has 1 aromatic carbocycles. The van der Waals surface area contributed by atoms with Crippen LogP contribution in [0.1, 0.15) is 18.4 Å². The van der Waals surface area contributed by atoms with Gasteiger partial charge in [0.1, 0.15) is 0 Å². The van der Waals surface area contributed by atoms with Gasteiger partial charge >= 0.3 is 0 Å². The Kier molecular flexibility index (Phi) is 5.65. The van der Waals surface area contributed by atoms with Crippen LogP contribution < -0.4 is 0 Å². The Labute approximate surface area is 137 Å². The smallest absolute Gasteiger partial charge is 0.227 e. The third kappa shape index (κ3) is 4.53. The highest BCUT2D eigenvalue weighted by atomic mass is 16.5. The molecule has 0 radical (unpaired) electrons. The molecule has 0 bridgehead atoms. The van der Waals surface area contributed by atoms with E-state index in [0.29, 0.717) is 32.1 Å². The van der Waals surface area contributed by atoms with E-state index >= 15 is 0 Å². The predicted octanol–water partition coefficient (Wildman–Crippen LogP) is 0.913. The Balaban J connectivity index is 1.58. The molecule has 2 fully saturated rings. The van der Waals surface area contributed by atoms with E-state index < -0.39 is 6.10 Å². The number of amides is 1. The van der Waals surface area contributed by atoms with Gasteiger partial charge in [-0.25, -0.2) is 0 Å². The third-order valence-corrected chi connectivity index (χ3v) is 4.79. The summed E-state index contributed by atoms with van der Waals surface area (Å²) in [5, 5.41) is 10.3. The molecule has 2 aliphatic rings. The first-order valence-electron chi connectivity index (χ1n) is 8.54. The van der Waals surface area contributed by atoms with Gasteiger partial charge in [-0.3, -0.25) is 9.69 Å². The minimum Gasteiger partial charge on any atom is -0.390 e. The van der Waals surface area contributed by atoms with Gasteiger partial charge in [-0.05, 0) is 18.4 Å². The topological polar surface area (TPSA) is 53.0 Å². The molecule has 5 heteroatoms. The molecule has 2 saturated heterocycles. The summed E-state index contributed by atoms with van der Waals surface area (Å²) >= 11 is 0. The van der Waals surface area contributed by atoms with Gasteiger partial charge < -0.3 is 14.7 Å². The fraction of sp³-hybridized carbons (Fsp3) is 0.611. The van der Waals surface area contributed by atoms with Crippen LogP contribution in [-0.2, 0) is 16.0 Å². The number of ether oxygens (including phenoxy) is 1. The lowest BCUT2D eigenvalue weighted by Crippen LogP contribution is -2.43. The lowest BCUT2D eigenvalue weighted by Gasteiger charge is -2.33. The summed E-state index contributed by atoms with van der Waals surface area (Å²) in [6.07, 6.45) is 1.97. The molecule has 1 N–H and O–H groups in total. The molecule has 1 atom stereocenters. The summed E-state index contributed by atoms with van der Waals surface area (Å²) in [7, 11) is 0. The van der Waals surface area contributed by atoms with Crippen molar-refractivity contribution in [3.63, 3.8) is 0 Å². The van der Waals surface area contributed by atoms with Crippen molar-refractivity contribution >= 4 is 5.91 Å². The number of aliphatic hydroxyl groups excluding tert-OH is 1. The first-order valence-corrected chi connectivity index (χ1v) is 8.54. The molecular formula is C18H26N2O3. The van der Waals surface area contributed by atoms with Gasteiger partial charge in [0.15, 0.2) is 0 Å². The van der Waals surface area contributed by atoms with Gasteiger partial charge in [0.2, 0.25) is 5.91 Å². The number of aliphatic hydroxyl groups is 1. The van der Waals surface area contributed by atoms with Gasteiger partial charge in [-0.1, -0.05) is 30.3 Å². The van der Waals surface area contributed by atoms with E-state index in [4.69, 9.17) is 4.74 Å². The summed E-state index contributed by atoms with van der Waals surface area (Å²) in [5.74, 6) is 0.101. The van der Waals surface area contributed by atoms with Crippen LogP contribution in [0.5, 0.6) is 0 Å². The molecule has 23 heavy (non-hydrogen) atoms. The van der Waals surface area contributed by atoms with Crippen molar-refractivity contribution in [1.29, 1.82) is 0 Å². The van der Waals surface area contributed by atoms with Crippen molar-refractivity contribution in [3.05, 3.63) is 35.9 Å². The molecule has 0 saturated carbocycles. The molecule has 1 unspecified atom stereocenters. The minimum atomic E-state index is -0.472. The SMILES string of the molecule is O=C(Cc1ccccc1)N1CCN(C2CCOCC2)CC(O)C1. The van der Waals surface area contributed by atoms with Gasteiger partial charge in [-0.2, -0.15) is 0 Å². The van der Waals surface area contributed by atoms with Crippen LogP contribution in [0.2, 0.25) is 0 Å². The molecular weight excluding hydrogens is 292 g/mol.